The Labute approximate surface area is 233 Å². The number of nitrogens with one attached hydrogen (secondary N) is 1. The van der Waals surface area contributed by atoms with Crippen LogP contribution in [0.3, 0.4) is 0 Å². The summed E-state index contributed by atoms with van der Waals surface area (Å²) in [6.07, 6.45) is 17.0. The smallest absolute Gasteiger partial charge is 0.329 e. The molecule has 0 bridgehead atoms. The first-order valence-electron chi connectivity index (χ1n) is 14.8. The summed E-state index contributed by atoms with van der Waals surface area (Å²) in [6, 6.07) is 8.10. The summed E-state index contributed by atoms with van der Waals surface area (Å²) in [5, 5.41) is 0. The molecular formula is C30H55NO6P+. The molecule has 8 heteroatoms. The summed E-state index contributed by atoms with van der Waals surface area (Å²) in [4.78, 5) is 22.9. The lowest BCUT2D eigenvalue weighted by Crippen LogP contribution is -3.05. The fraction of sp³-hybridized carbons (Fsp3) is 0.767. The minimum Gasteiger partial charge on any atom is -0.490 e. The van der Waals surface area contributed by atoms with Crippen molar-refractivity contribution in [1.29, 1.82) is 0 Å². The fourth-order valence-electron chi connectivity index (χ4n) is 4.23. The standard InChI is InChI=1S/C30H54NO6P/c1-5-6-7-8-9-10-11-12-13-14-15-19-28-20-18-21-29(24-28)34-25-30(37-27(2)32)26-36-38(33)35-23-17-16-22-31(3)4/h18,20-21,24,30,33H,5-17,19,22-23,25-26H2,1-4H3/p+1. The van der Waals surface area contributed by atoms with Crippen LogP contribution in [0.2, 0.25) is 0 Å². The molecule has 220 valence electrons. The topological polar surface area (TPSA) is 78.7 Å². The van der Waals surface area contributed by atoms with Crippen molar-refractivity contribution in [1.82, 2.24) is 0 Å². The molecule has 0 spiro atoms. The normalized spacial score (nSPS) is 13.0. The van der Waals surface area contributed by atoms with Gasteiger partial charge in [-0.05, 0) is 43.4 Å². The maximum atomic E-state index is 11.5. The van der Waals surface area contributed by atoms with E-state index >= 15 is 0 Å². The Balaban J connectivity index is 2.26. The Bertz CT molecular complexity index is 705. The molecule has 0 fully saturated rings. The van der Waals surface area contributed by atoms with Gasteiger partial charge in [0.05, 0.1) is 33.9 Å². The van der Waals surface area contributed by atoms with Gasteiger partial charge in [0.2, 0.25) is 0 Å². The average molecular weight is 557 g/mol. The predicted octanol–water partition coefficient (Wildman–Crippen LogP) is 6.03. The van der Waals surface area contributed by atoms with E-state index in [1.165, 1.54) is 88.0 Å². The van der Waals surface area contributed by atoms with E-state index < -0.39 is 20.7 Å². The van der Waals surface area contributed by atoms with Crippen LogP contribution in [0.5, 0.6) is 5.75 Å². The van der Waals surface area contributed by atoms with Gasteiger partial charge in [0.15, 0.2) is 6.10 Å². The number of esters is 1. The molecule has 0 amide bonds. The fourth-order valence-corrected chi connectivity index (χ4v) is 4.89. The van der Waals surface area contributed by atoms with Gasteiger partial charge < -0.3 is 28.3 Å². The minimum absolute atomic E-state index is 0.0159. The Morgan fingerprint density at radius 3 is 2.18 bits per heavy atom. The predicted molar refractivity (Wildman–Crippen MR) is 156 cm³/mol. The molecular weight excluding hydrogens is 501 g/mol. The largest absolute Gasteiger partial charge is 0.490 e. The Kier molecular flexibility index (Phi) is 21.6. The van der Waals surface area contributed by atoms with Crippen LogP contribution in [-0.2, 0) is 25.0 Å². The number of carbonyl (C=O) groups excluding carboxylic acids is 1. The lowest BCUT2D eigenvalue weighted by Gasteiger charge is -2.19. The zero-order valence-electron chi connectivity index (χ0n) is 24.6. The summed E-state index contributed by atoms with van der Waals surface area (Å²) in [5.74, 6) is 0.329. The molecule has 2 unspecified atom stereocenters. The van der Waals surface area contributed by atoms with Gasteiger partial charge in [0.1, 0.15) is 12.4 Å². The van der Waals surface area contributed by atoms with Crippen molar-refractivity contribution in [2.75, 3.05) is 40.5 Å². The summed E-state index contributed by atoms with van der Waals surface area (Å²) in [5.41, 5.74) is 1.25. The first-order valence-corrected chi connectivity index (χ1v) is 16.0. The lowest BCUT2D eigenvalue weighted by atomic mass is 10.0. The molecule has 0 aliphatic rings. The van der Waals surface area contributed by atoms with Crippen molar-refractivity contribution in [3.8, 4) is 5.75 Å². The van der Waals surface area contributed by atoms with Crippen molar-refractivity contribution in [2.45, 2.75) is 110 Å². The third kappa shape index (κ3) is 20.7. The Hall–Kier alpha value is -1.24. The average Bonchev–Trinajstić information content (AvgIpc) is 2.88. The second-order valence-electron chi connectivity index (χ2n) is 10.5. The van der Waals surface area contributed by atoms with Gasteiger partial charge in [-0.25, -0.2) is 0 Å². The highest BCUT2D eigenvalue weighted by atomic mass is 31.2. The molecule has 0 aliphatic carbocycles. The van der Waals surface area contributed by atoms with E-state index in [1.807, 2.05) is 12.1 Å². The van der Waals surface area contributed by atoms with Crippen molar-refractivity contribution < 1.29 is 33.1 Å². The molecule has 0 saturated heterocycles. The number of quaternary nitrogens is 1. The quantitative estimate of drug-likeness (QED) is 0.0870. The van der Waals surface area contributed by atoms with Gasteiger partial charge in [0, 0.05) is 6.92 Å². The maximum Gasteiger partial charge on any atom is 0.329 e. The second-order valence-corrected chi connectivity index (χ2v) is 11.5. The molecule has 0 aromatic heterocycles. The zero-order valence-corrected chi connectivity index (χ0v) is 25.4. The van der Waals surface area contributed by atoms with Crippen molar-refractivity contribution in [3.63, 3.8) is 0 Å². The van der Waals surface area contributed by atoms with Crippen LogP contribution < -0.4 is 9.64 Å². The molecule has 7 nitrogen and oxygen atoms in total. The molecule has 1 aromatic carbocycles. The van der Waals surface area contributed by atoms with Crippen molar-refractivity contribution in [3.05, 3.63) is 29.8 Å². The van der Waals surface area contributed by atoms with E-state index in [2.05, 4.69) is 33.2 Å². The highest BCUT2D eigenvalue weighted by Gasteiger charge is 2.17. The summed E-state index contributed by atoms with van der Waals surface area (Å²) >= 11 is 0. The SMILES string of the molecule is CCCCCCCCCCCCCc1cccc(OCC(COP(O)OCCCC[NH+](C)C)OC(C)=O)c1. The van der Waals surface area contributed by atoms with E-state index in [0.29, 0.717) is 6.61 Å². The maximum absolute atomic E-state index is 11.5. The number of rotatable bonds is 25. The van der Waals surface area contributed by atoms with Crippen LogP contribution in [0.1, 0.15) is 103 Å². The molecule has 0 heterocycles. The number of benzene rings is 1. The van der Waals surface area contributed by atoms with Crippen LogP contribution in [0, 0.1) is 0 Å². The number of aryl methyl sites for hydroxylation is 1. The Morgan fingerprint density at radius 2 is 1.55 bits per heavy atom. The van der Waals surface area contributed by atoms with Crippen LogP contribution in [0.4, 0.5) is 0 Å². The van der Waals surface area contributed by atoms with E-state index in [1.54, 1.807) is 0 Å². The molecule has 0 aliphatic heterocycles. The highest BCUT2D eigenvalue weighted by molar-refractivity contribution is 7.40. The molecule has 1 aromatic rings. The van der Waals surface area contributed by atoms with E-state index in [4.69, 9.17) is 18.5 Å². The Morgan fingerprint density at radius 1 is 0.895 bits per heavy atom. The summed E-state index contributed by atoms with van der Waals surface area (Å²) < 4.78 is 22.0. The van der Waals surface area contributed by atoms with Crippen LogP contribution in [0.25, 0.3) is 0 Å². The zero-order chi connectivity index (χ0) is 27.8. The lowest BCUT2D eigenvalue weighted by molar-refractivity contribution is -0.858. The van der Waals surface area contributed by atoms with Crippen LogP contribution in [-0.4, -0.2) is 57.4 Å². The molecule has 2 N–H and O–H groups in total. The summed E-state index contributed by atoms with van der Waals surface area (Å²) in [7, 11) is 2.20. The van der Waals surface area contributed by atoms with E-state index in [-0.39, 0.29) is 13.2 Å². The number of carbonyl (C=O) groups is 1. The van der Waals surface area contributed by atoms with Gasteiger partial charge in [0.25, 0.3) is 0 Å². The molecule has 0 saturated carbocycles. The molecule has 0 radical (unpaired) electrons. The number of hydrogen-bond donors (Lipinski definition) is 2. The van der Waals surface area contributed by atoms with Crippen molar-refractivity contribution in [2.24, 2.45) is 0 Å². The molecule has 38 heavy (non-hydrogen) atoms. The number of hydrogen-bond acceptors (Lipinski definition) is 6. The second kappa shape index (κ2) is 23.6. The van der Waals surface area contributed by atoms with Gasteiger partial charge in [-0.1, -0.05) is 83.3 Å². The monoisotopic (exact) mass is 556 g/mol. The molecule has 2 atom stereocenters. The first-order chi connectivity index (χ1) is 18.4. The number of unbranched alkanes of at least 4 members (excludes halogenated alkanes) is 11. The highest BCUT2D eigenvalue weighted by Crippen LogP contribution is 2.33. The van der Waals surface area contributed by atoms with E-state index in [9.17, 15) is 9.69 Å². The minimum atomic E-state index is -2.01. The molecule has 1 rings (SSSR count). The third-order valence-electron chi connectivity index (χ3n) is 6.38. The van der Waals surface area contributed by atoms with Gasteiger partial charge >= 0.3 is 14.6 Å². The van der Waals surface area contributed by atoms with Crippen LogP contribution in [0.15, 0.2) is 24.3 Å². The first kappa shape index (κ1) is 34.8. The summed E-state index contributed by atoms with van der Waals surface area (Å²) in [6.45, 7) is 5.28. The van der Waals surface area contributed by atoms with Gasteiger partial charge in [-0.15, -0.1) is 0 Å². The van der Waals surface area contributed by atoms with Gasteiger partial charge in [-0.3, -0.25) is 4.79 Å². The third-order valence-corrected chi connectivity index (χ3v) is 7.15. The number of ether oxygens (including phenoxy) is 2. The van der Waals surface area contributed by atoms with Gasteiger partial charge in [-0.2, -0.15) is 0 Å². The van der Waals surface area contributed by atoms with Crippen LogP contribution >= 0.6 is 8.60 Å². The van der Waals surface area contributed by atoms with Crippen molar-refractivity contribution >= 4 is 14.6 Å². The van der Waals surface area contributed by atoms with E-state index in [0.717, 1.165) is 31.6 Å².